The molecular formula is C12H16FNO2S. The first-order valence-corrected chi connectivity index (χ1v) is 6.51. The Bertz CT molecular complexity index is 398. The Labute approximate surface area is 105 Å². The molecule has 0 fully saturated rings. The van der Waals surface area contributed by atoms with Crippen LogP contribution in [0, 0.1) is 5.82 Å². The maximum absolute atomic E-state index is 13.5. The SMILES string of the molecule is COc1ccc(C(=O)NCC(C)SC)c(F)c1. The first kappa shape index (κ1) is 13.8. The molecule has 1 aromatic rings. The number of amides is 1. The minimum atomic E-state index is -0.571. The van der Waals surface area contributed by atoms with E-state index in [1.54, 1.807) is 17.8 Å². The number of methoxy groups -OCH3 is 1. The van der Waals surface area contributed by atoms with Crippen LogP contribution in [0.3, 0.4) is 0 Å². The van der Waals surface area contributed by atoms with Crippen molar-refractivity contribution in [2.24, 2.45) is 0 Å². The number of rotatable bonds is 5. The molecule has 3 nitrogen and oxygen atoms in total. The minimum Gasteiger partial charge on any atom is -0.497 e. The van der Waals surface area contributed by atoms with Gasteiger partial charge in [0.25, 0.3) is 5.91 Å². The molecule has 0 saturated heterocycles. The Balaban J connectivity index is 2.69. The summed E-state index contributed by atoms with van der Waals surface area (Å²) in [5.74, 6) is -0.568. The van der Waals surface area contributed by atoms with Crippen molar-refractivity contribution >= 4 is 17.7 Å². The topological polar surface area (TPSA) is 38.3 Å². The van der Waals surface area contributed by atoms with Gasteiger partial charge in [-0.05, 0) is 18.4 Å². The number of ether oxygens (including phenoxy) is 1. The van der Waals surface area contributed by atoms with Crippen molar-refractivity contribution in [1.29, 1.82) is 0 Å². The van der Waals surface area contributed by atoms with Gasteiger partial charge in [-0.2, -0.15) is 11.8 Å². The molecule has 1 amide bonds. The third-order valence-electron chi connectivity index (χ3n) is 2.37. The van der Waals surface area contributed by atoms with Gasteiger partial charge < -0.3 is 10.1 Å². The van der Waals surface area contributed by atoms with Gasteiger partial charge in [-0.15, -0.1) is 0 Å². The van der Waals surface area contributed by atoms with Gasteiger partial charge in [-0.25, -0.2) is 4.39 Å². The van der Waals surface area contributed by atoms with Crippen LogP contribution in [0.1, 0.15) is 17.3 Å². The van der Waals surface area contributed by atoms with Crippen molar-refractivity contribution < 1.29 is 13.9 Å². The summed E-state index contributed by atoms with van der Waals surface area (Å²) in [6, 6.07) is 4.19. The van der Waals surface area contributed by atoms with E-state index in [2.05, 4.69) is 5.32 Å². The average Bonchev–Trinajstić information content (AvgIpc) is 2.35. The third kappa shape index (κ3) is 3.93. The molecular weight excluding hydrogens is 241 g/mol. The number of hydrogen-bond acceptors (Lipinski definition) is 3. The van der Waals surface area contributed by atoms with E-state index in [1.807, 2.05) is 13.2 Å². The summed E-state index contributed by atoms with van der Waals surface area (Å²) < 4.78 is 18.4. The molecule has 1 atom stereocenters. The second-order valence-electron chi connectivity index (χ2n) is 3.60. The molecule has 1 N–H and O–H groups in total. The highest BCUT2D eigenvalue weighted by Gasteiger charge is 2.12. The van der Waals surface area contributed by atoms with E-state index < -0.39 is 11.7 Å². The first-order chi connectivity index (χ1) is 8.08. The number of thioether (sulfide) groups is 1. The zero-order valence-corrected chi connectivity index (χ0v) is 10.9. The number of nitrogens with one attached hydrogen (secondary N) is 1. The van der Waals surface area contributed by atoms with Crippen LogP contribution in [0.25, 0.3) is 0 Å². The van der Waals surface area contributed by atoms with E-state index in [4.69, 9.17) is 4.74 Å². The van der Waals surface area contributed by atoms with Crippen LogP contribution in [-0.2, 0) is 0 Å². The Morgan fingerprint density at radius 3 is 2.82 bits per heavy atom. The number of carbonyl (C=O) groups is 1. The van der Waals surface area contributed by atoms with Gasteiger partial charge >= 0.3 is 0 Å². The Hall–Kier alpha value is -1.23. The summed E-state index contributed by atoms with van der Waals surface area (Å²) in [6.45, 7) is 2.51. The lowest BCUT2D eigenvalue weighted by molar-refractivity contribution is 0.0950. The summed E-state index contributed by atoms with van der Waals surface area (Å²) in [5.41, 5.74) is 0.0408. The predicted octanol–water partition coefficient (Wildman–Crippen LogP) is 2.32. The Morgan fingerprint density at radius 2 is 2.29 bits per heavy atom. The molecule has 0 radical (unpaired) electrons. The average molecular weight is 257 g/mol. The highest BCUT2D eigenvalue weighted by Crippen LogP contribution is 2.16. The fourth-order valence-electron chi connectivity index (χ4n) is 1.22. The summed E-state index contributed by atoms with van der Waals surface area (Å²) in [7, 11) is 1.45. The van der Waals surface area contributed by atoms with E-state index >= 15 is 0 Å². The van der Waals surface area contributed by atoms with Crippen molar-refractivity contribution in [2.45, 2.75) is 12.2 Å². The van der Waals surface area contributed by atoms with Gasteiger partial charge in [0.15, 0.2) is 0 Å². The van der Waals surface area contributed by atoms with Crippen molar-refractivity contribution in [2.75, 3.05) is 19.9 Å². The predicted molar refractivity (Wildman–Crippen MR) is 68.3 cm³/mol. The minimum absolute atomic E-state index is 0.0408. The monoisotopic (exact) mass is 257 g/mol. The molecule has 1 unspecified atom stereocenters. The van der Waals surface area contributed by atoms with Crippen molar-refractivity contribution in [3.05, 3.63) is 29.6 Å². The van der Waals surface area contributed by atoms with Crippen LogP contribution < -0.4 is 10.1 Å². The van der Waals surface area contributed by atoms with E-state index in [0.717, 1.165) is 0 Å². The van der Waals surface area contributed by atoms with Crippen LogP contribution in [-0.4, -0.2) is 31.1 Å². The molecule has 0 aliphatic rings. The molecule has 0 saturated carbocycles. The third-order valence-corrected chi connectivity index (χ3v) is 3.34. The van der Waals surface area contributed by atoms with Crippen LogP contribution in [0.4, 0.5) is 4.39 Å². The van der Waals surface area contributed by atoms with Crippen LogP contribution >= 0.6 is 11.8 Å². The first-order valence-electron chi connectivity index (χ1n) is 5.23. The number of hydrogen-bond donors (Lipinski definition) is 1. The van der Waals surface area contributed by atoms with Gasteiger partial charge in [-0.1, -0.05) is 6.92 Å². The van der Waals surface area contributed by atoms with Gasteiger partial charge in [-0.3, -0.25) is 4.79 Å². The summed E-state index contributed by atoms with van der Waals surface area (Å²) in [6.07, 6.45) is 1.96. The van der Waals surface area contributed by atoms with Crippen molar-refractivity contribution in [3.63, 3.8) is 0 Å². The maximum atomic E-state index is 13.5. The molecule has 5 heteroatoms. The van der Waals surface area contributed by atoms with Crippen molar-refractivity contribution in [1.82, 2.24) is 5.32 Å². The van der Waals surface area contributed by atoms with Crippen molar-refractivity contribution in [3.8, 4) is 5.75 Å². The summed E-state index contributed by atoms with van der Waals surface area (Å²) in [5, 5.41) is 2.99. The standard InChI is InChI=1S/C12H16FNO2S/c1-8(17-3)7-14-12(15)10-5-4-9(16-2)6-11(10)13/h4-6,8H,7H2,1-3H3,(H,14,15). The van der Waals surface area contributed by atoms with Gasteiger partial charge in [0.1, 0.15) is 11.6 Å². The zero-order chi connectivity index (χ0) is 12.8. The second-order valence-corrected chi connectivity index (χ2v) is 4.88. The molecule has 0 aliphatic carbocycles. The number of carbonyl (C=O) groups excluding carboxylic acids is 1. The van der Waals surface area contributed by atoms with Gasteiger partial charge in [0, 0.05) is 17.9 Å². The Morgan fingerprint density at radius 1 is 1.59 bits per heavy atom. The molecule has 0 heterocycles. The highest BCUT2D eigenvalue weighted by atomic mass is 32.2. The molecule has 0 aliphatic heterocycles. The summed E-state index contributed by atoms with van der Waals surface area (Å²) in [4.78, 5) is 11.7. The lowest BCUT2D eigenvalue weighted by Gasteiger charge is -2.10. The second kappa shape index (κ2) is 6.49. The molecule has 0 bridgehead atoms. The summed E-state index contributed by atoms with van der Waals surface area (Å²) >= 11 is 1.64. The number of benzene rings is 1. The molecule has 0 spiro atoms. The van der Waals surface area contributed by atoms with Gasteiger partial charge in [0.05, 0.1) is 12.7 Å². The lowest BCUT2D eigenvalue weighted by atomic mass is 10.2. The Kier molecular flexibility index (Phi) is 5.28. The van der Waals surface area contributed by atoms with E-state index in [0.29, 0.717) is 17.5 Å². The zero-order valence-electron chi connectivity index (χ0n) is 10.1. The molecule has 0 aromatic heterocycles. The normalized spacial score (nSPS) is 12.0. The maximum Gasteiger partial charge on any atom is 0.254 e. The molecule has 1 rings (SSSR count). The van der Waals surface area contributed by atoms with E-state index in [1.165, 1.54) is 19.2 Å². The molecule has 17 heavy (non-hydrogen) atoms. The van der Waals surface area contributed by atoms with Gasteiger partial charge in [0.2, 0.25) is 0 Å². The van der Waals surface area contributed by atoms with Crippen LogP contribution in [0.5, 0.6) is 5.75 Å². The largest absolute Gasteiger partial charge is 0.497 e. The highest BCUT2D eigenvalue weighted by molar-refractivity contribution is 7.99. The fraction of sp³-hybridized carbons (Fsp3) is 0.417. The lowest BCUT2D eigenvalue weighted by Crippen LogP contribution is -2.29. The van der Waals surface area contributed by atoms with E-state index in [-0.39, 0.29) is 5.56 Å². The molecule has 1 aromatic carbocycles. The van der Waals surface area contributed by atoms with E-state index in [9.17, 15) is 9.18 Å². The van der Waals surface area contributed by atoms with Crippen LogP contribution in [0.15, 0.2) is 18.2 Å². The number of halogens is 1. The molecule has 94 valence electrons. The fourth-order valence-corrected chi connectivity index (χ4v) is 1.47. The quantitative estimate of drug-likeness (QED) is 0.879. The van der Waals surface area contributed by atoms with Crippen LogP contribution in [0.2, 0.25) is 0 Å². The smallest absolute Gasteiger partial charge is 0.254 e.